The van der Waals surface area contributed by atoms with Gasteiger partial charge in [-0.2, -0.15) is 0 Å². The van der Waals surface area contributed by atoms with Gasteiger partial charge in [0, 0.05) is 6.26 Å². The minimum Gasteiger partial charge on any atom is -0.254 e. The summed E-state index contributed by atoms with van der Waals surface area (Å²) in [6.07, 6.45) is 5.49. The van der Waals surface area contributed by atoms with Crippen LogP contribution in [0.4, 0.5) is 0 Å². The van der Waals surface area contributed by atoms with Crippen LogP contribution in [0.25, 0.3) is 0 Å². The van der Waals surface area contributed by atoms with Crippen molar-refractivity contribution in [3.05, 3.63) is 10.3 Å². The molecule has 0 amide bonds. The molecule has 3 heteroatoms. The summed E-state index contributed by atoms with van der Waals surface area (Å²) in [5, 5.41) is 0. The first-order chi connectivity index (χ1) is 3.72. The van der Waals surface area contributed by atoms with E-state index < -0.39 is 10.8 Å². The molecule has 1 nitrogen and oxygen atoms in total. The van der Waals surface area contributed by atoms with Gasteiger partial charge in [0.15, 0.2) is 0 Å². The number of thioether (sulfide) groups is 1. The third-order valence-electron chi connectivity index (χ3n) is 0.720. The molecule has 1 unspecified atom stereocenters. The fraction of sp³-hybridized carbons (Fsp3) is 0.600. The Bertz CT molecular complexity index is 118. The lowest BCUT2D eigenvalue weighted by molar-refractivity contribution is 0.691. The van der Waals surface area contributed by atoms with E-state index in [1.165, 1.54) is 11.8 Å². The van der Waals surface area contributed by atoms with Gasteiger partial charge in [0.2, 0.25) is 0 Å². The average Bonchev–Trinajstić information content (AvgIpc) is 1.69. The minimum absolute atomic E-state index is 0.779. The van der Waals surface area contributed by atoms with E-state index in [0.717, 1.165) is 4.24 Å². The maximum absolute atomic E-state index is 10.6. The van der Waals surface area contributed by atoms with Crippen LogP contribution < -0.4 is 0 Å². The molecule has 1 atom stereocenters. The Morgan fingerprint density at radius 3 is 2.25 bits per heavy atom. The Labute approximate surface area is 57.0 Å². The first-order valence-corrected chi connectivity index (χ1v) is 5.04. The first-order valence-electron chi connectivity index (χ1n) is 2.26. The molecule has 0 fully saturated rings. The molecule has 0 aromatic heterocycles. The highest BCUT2D eigenvalue weighted by Gasteiger charge is 1.94. The third-order valence-corrected chi connectivity index (χ3v) is 3.36. The van der Waals surface area contributed by atoms with Gasteiger partial charge in [0.25, 0.3) is 0 Å². The molecule has 0 spiro atoms. The zero-order valence-electron chi connectivity index (χ0n) is 5.30. The molecule has 0 rings (SSSR count). The van der Waals surface area contributed by atoms with E-state index in [1.54, 1.807) is 6.26 Å². The lowest BCUT2D eigenvalue weighted by Crippen LogP contribution is -1.84. The van der Waals surface area contributed by atoms with E-state index in [4.69, 9.17) is 0 Å². The molecule has 0 aliphatic carbocycles. The van der Waals surface area contributed by atoms with E-state index in [2.05, 4.69) is 0 Å². The van der Waals surface area contributed by atoms with Gasteiger partial charge in [0.1, 0.15) is 0 Å². The highest BCUT2D eigenvalue weighted by atomic mass is 32.2. The number of allylic oxidation sites excluding steroid dienone is 1. The molecule has 0 radical (unpaired) electrons. The third kappa shape index (κ3) is 2.52. The van der Waals surface area contributed by atoms with Crippen molar-refractivity contribution in [1.82, 2.24) is 0 Å². The second-order valence-electron chi connectivity index (χ2n) is 1.27. The van der Waals surface area contributed by atoms with Crippen LogP contribution in [0.3, 0.4) is 0 Å². The van der Waals surface area contributed by atoms with Crippen LogP contribution in [0, 0.1) is 0 Å². The molecule has 0 saturated carbocycles. The van der Waals surface area contributed by atoms with Crippen LogP contribution in [0.1, 0.15) is 6.92 Å². The summed E-state index contributed by atoms with van der Waals surface area (Å²) in [4.78, 5) is 0. The van der Waals surface area contributed by atoms with E-state index in [0.29, 0.717) is 0 Å². The molecule has 0 aliphatic rings. The lowest BCUT2D eigenvalue weighted by atomic mass is 10.8. The molecule has 0 aromatic rings. The van der Waals surface area contributed by atoms with Gasteiger partial charge in [-0.15, -0.1) is 11.8 Å². The van der Waals surface area contributed by atoms with E-state index in [9.17, 15) is 4.21 Å². The van der Waals surface area contributed by atoms with E-state index in [1.807, 2.05) is 19.3 Å². The Kier molecular flexibility index (Phi) is 4.28. The molecule has 0 heterocycles. The van der Waals surface area contributed by atoms with Crippen molar-refractivity contribution in [2.24, 2.45) is 0 Å². The van der Waals surface area contributed by atoms with Crippen LogP contribution in [0.2, 0.25) is 0 Å². The summed E-state index contributed by atoms with van der Waals surface area (Å²) < 4.78 is 11.6. The molecular formula is C5H10OS2. The van der Waals surface area contributed by atoms with Crippen molar-refractivity contribution in [1.29, 1.82) is 0 Å². The molecule has 0 bridgehead atoms. The van der Waals surface area contributed by atoms with Crippen LogP contribution in [-0.4, -0.2) is 16.7 Å². The quantitative estimate of drug-likeness (QED) is 0.594. The summed E-state index contributed by atoms with van der Waals surface area (Å²) in [5.41, 5.74) is 0. The van der Waals surface area contributed by atoms with Gasteiger partial charge in [0.05, 0.1) is 15.0 Å². The fourth-order valence-electron chi connectivity index (χ4n) is 0.401. The number of hydrogen-bond acceptors (Lipinski definition) is 2. The topological polar surface area (TPSA) is 17.1 Å². The van der Waals surface area contributed by atoms with Gasteiger partial charge in [-0.3, -0.25) is 4.21 Å². The zero-order valence-corrected chi connectivity index (χ0v) is 6.94. The second kappa shape index (κ2) is 4.15. The highest BCUT2D eigenvalue weighted by Crippen LogP contribution is 2.13. The molecule has 8 heavy (non-hydrogen) atoms. The standard InChI is InChI=1S/C5H10OS2/c1-4-5(7-2)8(3)6/h4H,1-3H3/b5-4+. The normalized spacial score (nSPS) is 16.1. The molecular weight excluding hydrogens is 140 g/mol. The second-order valence-corrected chi connectivity index (χ2v) is 3.72. The summed E-state index contributed by atoms with van der Waals surface area (Å²) in [6.45, 7) is 1.90. The van der Waals surface area contributed by atoms with Crippen molar-refractivity contribution in [2.45, 2.75) is 6.92 Å². The number of hydrogen-bond donors (Lipinski definition) is 0. The van der Waals surface area contributed by atoms with Crippen molar-refractivity contribution >= 4 is 22.6 Å². The van der Waals surface area contributed by atoms with Crippen molar-refractivity contribution in [2.75, 3.05) is 12.5 Å². The average molecular weight is 150 g/mol. The van der Waals surface area contributed by atoms with Gasteiger partial charge in [-0.25, -0.2) is 0 Å². The Hall–Kier alpha value is 0.240. The van der Waals surface area contributed by atoms with Crippen LogP contribution >= 0.6 is 11.8 Å². The Morgan fingerprint density at radius 2 is 2.25 bits per heavy atom. The monoisotopic (exact) mass is 150 g/mol. The predicted molar refractivity (Wildman–Crippen MR) is 41.3 cm³/mol. The predicted octanol–water partition coefficient (Wildman–Crippen LogP) is 1.59. The van der Waals surface area contributed by atoms with E-state index >= 15 is 0 Å². The molecule has 0 aliphatic heterocycles. The van der Waals surface area contributed by atoms with Crippen molar-refractivity contribution < 1.29 is 4.21 Å². The minimum atomic E-state index is -0.779. The summed E-state index contributed by atoms with van der Waals surface area (Å²) >= 11 is 1.54. The van der Waals surface area contributed by atoms with Gasteiger partial charge in [-0.05, 0) is 13.2 Å². The van der Waals surface area contributed by atoms with Crippen molar-refractivity contribution in [3.8, 4) is 0 Å². The Morgan fingerprint density at radius 1 is 1.75 bits per heavy atom. The van der Waals surface area contributed by atoms with Crippen LogP contribution in [-0.2, 0) is 10.8 Å². The summed E-state index contributed by atoms with van der Waals surface area (Å²) in [7, 11) is -0.779. The molecule has 0 saturated heterocycles. The molecule has 0 N–H and O–H groups in total. The number of rotatable bonds is 2. The largest absolute Gasteiger partial charge is 0.254 e. The molecule has 48 valence electrons. The summed E-state index contributed by atoms with van der Waals surface area (Å²) in [5.74, 6) is 0. The van der Waals surface area contributed by atoms with Gasteiger partial charge >= 0.3 is 0 Å². The highest BCUT2D eigenvalue weighted by molar-refractivity contribution is 8.15. The lowest BCUT2D eigenvalue weighted by Gasteiger charge is -1.93. The summed E-state index contributed by atoms with van der Waals surface area (Å²) in [6, 6.07) is 0. The maximum Gasteiger partial charge on any atom is 0.0667 e. The zero-order chi connectivity index (χ0) is 6.57. The maximum atomic E-state index is 10.6. The van der Waals surface area contributed by atoms with Crippen molar-refractivity contribution in [3.63, 3.8) is 0 Å². The van der Waals surface area contributed by atoms with Crippen LogP contribution in [0.15, 0.2) is 10.3 Å². The smallest absolute Gasteiger partial charge is 0.0667 e. The van der Waals surface area contributed by atoms with Gasteiger partial charge < -0.3 is 0 Å². The Balaban J connectivity index is 3.92. The SMILES string of the molecule is C/C=C(\SC)S(C)=O. The van der Waals surface area contributed by atoms with Gasteiger partial charge in [-0.1, -0.05) is 6.08 Å². The van der Waals surface area contributed by atoms with Crippen LogP contribution in [0.5, 0.6) is 0 Å². The van der Waals surface area contributed by atoms with E-state index in [-0.39, 0.29) is 0 Å². The first kappa shape index (κ1) is 8.24. The molecule has 0 aromatic carbocycles. The fourth-order valence-corrected chi connectivity index (χ4v) is 1.91.